The molecule has 9 atom stereocenters. The van der Waals surface area contributed by atoms with Crippen LogP contribution in [0.1, 0.15) is 95.4 Å². The van der Waals surface area contributed by atoms with Crippen LogP contribution in [-0.4, -0.2) is 74.4 Å². The zero-order chi connectivity index (χ0) is 34.4. The molecule has 0 amide bonds. The topological polar surface area (TPSA) is 135 Å². The second kappa shape index (κ2) is 13.1. The Hall–Kier alpha value is -2.24. The van der Waals surface area contributed by atoms with E-state index in [1.54, 1.807) is 0 Å². The molecule has 0 spiro atoms. The van der Waals surface area contributed by atoms with Gasteiger partial charge in [-0.3, -0.25) is 19.2 Å². The fourth-order valence-corrected chi connectivity index (χ4v) is 9.52. The SMILES string of the molecule is CC(=O)O[C@H]1C[C@H]2C[C@@H]3[C@@H](CO)[C@@H](O[Si](C)(C)C(C)(C)C)C[C@H](OC(C)=O)[C@@]3(C)[C@@H](OC(C)=O)[C@H](OC(C)=O)C(=C1C)C2(C)C. The highest BCUT2D eigenvalue weighted by molar-refractivity contribution is 6.74. The lowest BCUT2D eigenvalue weighted by molar-refractivity contribution is -0.232. The van der Waals surface area contributed by atoms with E-state index in [1.807, 2.05) is 13.8 Å². The summed E-state index contributed by atoms with van der Waals surface area (Å²) in [5.74, 6) is -2.99. The minimum absolute atomic E-state index is 0.0974. The molecule has 256 valence electrons. The predicted octanol–water partition coefficient (Wildman–Crippen LogP) is 5.50. The molecule has 0 aromatic rings. The Labute approximate surface area is 270 Å². The highest BCUT2D eigenvalue weighted by Gasteiger charge is 2.66. The summed E-state index contributed by atoms with van der Waals surface area (Å²) >= 11 is 0. The second-order valence-electron chi connectivity index (χ2n) is 15.7. The highest BCUT2D eigenvalue weighted by Crippen LogP contribution is 2.61. The molecule has 0 unspecified atom stereocenters. The van der Waals surface area contributed by atoms with E-state index >= 15 is 0 Å². The van der Waals surface area contributed by atoms with E-state index in [0.29, 0.717) is 12.8 Å². The molecule has 2 saturated carbocycles. The number of hydrogen-bond donors (Lipinski definition) is 1. The fraction of sp³-hybridized carbons (Fsp3) is 0.824. The molecule has 3 aliphatic rings. The van der Waals surface area contributed by atoms with E-state index in [4.69, 9.17) is 23.4 Å². The molecular weight excluding hydrogens is 596 g/mol. The standard InChI is InChI=1S/C34H56O10Si/c1-18-26(40-19(2)36)15-23-14-25-24(17-35)27(44-45(12,13)32(6,7)8)16-28(41-20(3)37)34(25,11)31(43-22(5)39)30(42-21(4)38)29(18)33(23,9)10/h23-28,30-31,35H,14-17H2,1-13H3/t23-,24-,25-,26+,27+,28+,30-,31+,34+/m1/s1. The summed E-state index contributed by atoms with van der Waals surface area (Å²) in [6.45, 7) is 23.8. The zero-order valence-electron chi connectivity index (χ0n) is 29.6. The molecule has 0 saturated heterocycles. The van der Waals surface area contributed by atoms with Crippen molar-refractivity contribution in [1.29, 1.82) is 0 Å². The van der Waals surface area contributed by atoms with Gasteiger partial charge < -0.3 is 28.5 Å². The minimum Gasteiger partial charge on any atom is -0.462 e. The molecule has 0 radical (unpaired) electrons. The van der Waals surface area contributed by atoms with Crippen molar-refractivity contribution in [2.24, 2.45) is 28.6 Å². The minimum atomic E-state index is -2.37. The van der Waals surface area contributed by atoms with Crippen LogP contribution >= 0.6 is 0 Å². The summed E-state index contributed by atoms with van der Waals surface area (Å²) in [6, 6.07) is 0. The van der Waals surface area contributed by atoms with Crippen LogP contribution in [-0.2, 0) is 42.6 Å². The third kappa shape index (κ3) is 7.20. The Morgan fingerprint density at radius 2 is 1.38 bits per heavy atom. The quantitative estimate of drug-likeness (QED) is 0.162. The second-order valence-corrected chi connectivity index (χ2v) is 20.5. The van der Waals surface area contributed by atoms with E-state index in [-0.39, 0.29) is 24.0 Å². The molecule has 11 heteroatoms. The van der Waals surface area contributed by atoms with Crippen LogP contribution in [0.25, 0.3) is 0 Å². The van der Waals surface area contributed by atoms with Crippen LogP contribution in [0, 0.1) is 28.6 Å². The van der Waals surface area contributed by atoms with Gasteiger partial charge in [0.25, 0.3) is 0 Å². The Kier molecular flexibility index (Phi) is 10.8. The highest BCUT2D eigenvalue weighted by atomic mass is 28.4. The summed E-state index contributed by atoms with van der Waals surface area (Å²) < 4.78 is 31.3. The molecule has 10 nitrogen and oxygen atoms in total. The van der Waals surface area contributed by atoms with Gasteiger partial charge in [0, 0.05) is 52.1 Å². The van der Waals surface area contributed by atoms with E-state index in [0.717, 1.165) is 11.1 Å². The first-order valence-corrected chi connectivity index (χ1v) is 19.1. The van der Waals surface area contributed by atoms with Gasteiger partial charge in [-0.05, 0) is 66.3 Å². The van der Waals surface area contributed by atoms with Crippen LogP contribution < -0.4 is 0 Å². The average molecular weight is 653 g/mol. The molecule has 3 aliphatic carbocycles. The molecule has 2 fully saturated rings. The molecule has 0 aromatic carbocycles. The Bertz CT molecular complexity index is 1200. The Morgan fingerprint density at radius 3 is 1.84 bits per heavy atom. The van der Waals surface area contributed by atoms with Gasteiger partial charge in [0.15, 0.2) is 20.5 Å². The number of carbonyl (C=O) groups is 4. The number of rotatable bonds is 7. The monoisotopic (exact) mass is 652 g/mol. The van der Waals surface area contributed by atoms with E-state index < -0.39 is 85.4 Å². The van der Waals surface area contributed by atoms with Gasteiger partial charge in [-0.25, -0.2) is 0 Å². The van der Waals surface area contributed by atoms with Crippen LogP contribution in [0.15, 0.2) is 11.1 Å². The van der Waals surface area contributed by atoms with Gasteiger partial charge >= 0.3 is 23.9 Å². The summed E-state index contributed by atoms with van der Waals surface area (Å²) in [5.41, 5.74) is -0.195. The Morgan fingerprint density at radius 1 is 0.844 bits per heavy atom. The summed E-state index contributed by atoms with van der Waals surface area (Å²) in [5, 5.41) is 11.0. The van der Waals surface area contributed by atoms with Gasteiger partial charge in [0.1, 0.15) is 12.2 Å². The molecule has 2 bridgehead atoms. The maximum atomic E-state index is 12.9. The van der Waals surface area contributed by atoms with Gasteiger partial charge in [0.2, 0.25) is 0 Å². The average Bonchev–Trinajstić information content (AvgIpc) is 2.85. The molecule has 1 N–H and O–H groups in total. The lowest BCUT2D eigenvalue weighted by Gasteiger charge is -2.61. The molecule has 0 aliphatic heterocycles. The van der Waals surface area contributed by atoms with E-state index in [2.05, 4.69) is 47.7 Å². The maximum absolute atomic E-state index is 12.9. The molecule has 45 heavy (non-hydrogen) atoms. The van der Waals surface area contributed by atoms with Crippen LogP contribution in [0.4, 0.5) is 0 Å². The Balaban J connectivity index is 2.40. The number of aliphatic hydroxyl groups excluding tert-OH is 1. The molecule has 3 rings (SSSR count). The van der Waals surface area contributed by atoms with Crippen LogP contribution in [0.5, 0.6) is 0 Å². The lowest BCUT2D eigenvalue weighted by Crippen LogP contribution is -2.67. The number of ether oxygens (including phenoxy) is 4. The summed E-state index contributed by atoms with van der Waals surface area (Å²) in [7, 11) is -2.37. The first-order chi connectivity index (χ1) is 20.5. The van der Waals surface area contributed by atoms with Crippen molar-refractivity contribution in [2.75, 3.05) is 6.61 Å². The number of aliphatic hydroxyl groups is 1. The number of esters is 4. The van der Waals surface area contributed by atoms with Gasteiger partial charge in [-0.2, -0.15) is 0 Å². The largest absolute Gasteiger partial charge is 0.462 e. The van der Waals surface area contributed by atoms with Crippen molar-refractivity contribution >= 4 is 32.2 Å². The number of carbonyl (C=O) groups excluding carboxylic acids is 4. The summed E-state index contributed by atoms with van der Waals surface area (Å²) in [4.78, 5) is 50.7. The summed E-state index contributed by atoms with van der Waals surface area (Å²) in [6.07, 6.45) is -2.63. The predicted molar refractivity (Wildman–Crippen MR) is 170 cm³/mol. The first kappa shape index (κ1) is 37.2. The van der Waals surface area contributed by atoms with Gasteiger partial charge in [-0.1, -0.05) is 41.5 Å². The molecule has 0 heterocycles. The zero-order valence-corrected chi connectivity index (χ0v) is 30.6. The fourth-order valence-electron chi connectivity index (χ4n) is 8.13. The van der Waals surface area contributed by atoms with E-state index in [9.17, 15) is 24.3 Å². The lowest BCUT2D eigenvalue weighted by atomic mass is 9.48. The van der Waals surface area contributed by atoms with Crippen molar-refractivity contribution in [3.8, 4) is 0 Å². The van der Waals surface area contributed by atoms with Crippen molar-refractivity contribution < 1.29 is 47.7 Å². The van der Waals surface area contributed by atoms with E-state index in [1.165, 1.54) is 27.7 Å². The maximum Gasteiger partial charge on any atom is 0.303 e. The third-order valence-electron chi connectivity index (χ3n) is 11.4. The molecule has 0 aromatic heterocycles. The van der Waals surface area contributed by atoms with Gasteiger partial charge in [-0.15, -0.1) is 0 Å². The van der Waals surface area contributed by atoms with Crippen molar-refractivity contribution in [3.63, 3.8) is 0 Å². The van der Waals surface area contributed by atoms with Crippen molar-refractivity contribution in [1.82, 2.24) is 0 Å². The smallest absolute Gasteiger partial charge is 0.303 e. The normalized spacial score (nSPS) is 34.9. The number of hydrogen-bond acceptors (Lipinski definition) is 10. The van der Waals surface area contributed by atoms with Crippen LogP contribution in [0.3, 0.4) is 0 Å². The van der Waals surface area contributed by atoms with Gasteiger partial charge in [0.05, 0.1) is 6.10 Å². The van der Waals surface area contributed by atoms with Crippen LogP contribution in [0.2, 0.25) is 18.1 Å². The number of fused-ring (bicyclic) bond motifs is 3. The van der Waals surface area contributed by atoms with Crippen molar-refractivity contribution in [2.45, 2.75) is 144 Å². The van der Waals surface area contributed by atoms with Crippen molar-refractivity contribution in [3.05, 3.63) is 11.1 Å². The third-order valence-corrected chi connectivity index (χ3v) is 15.9. The molecular formula is C34H56O10Si. The first-order valence-electron chi connectivity index (χ1n) is 16.2.